The van der Waals surface area contributed by atoms with Gasteiger partial charge in [-0.2, -0.15) is 5.10 Å². The number of aromatic amines is 2. The molecule has 4 rings (SSSR count). The van der Waals surface area contributed by atoms with Gasteiger partial charge in [0.2, 0.25) is 0 Å². The maximum atomic E-state index is 12.8. The van der Waals surface area contributed by atoms with E-state index in [1.54, 1.807) is 23.2 Å². The molecule has 1 aliphatic rings. The fourth-order valence-electron chi connectivity index (χ4n) is 3.30. The first-order valence-electron chi connectivity index (χ1n) is 8.48. The van der Waals surface area contributed by atoms with Crippen LogP contribution in [0.5, 0.6) is 0 Å². The second-order valence-corrected chi connectivity index (χ2v) is 6.27. The molecule has 0 saturated carbocycles. The fraction of sp³-hybridized carbons (Fsp3) is 0.278. The normalized spacial score (nSPS) is 13.7. The summed E-state index contributed by atoms with van der Waals surface area (Å²) in [5.41, 5.74) is 3.81. The van der Waals surface area contributed by atoms with Crippen LogP contribution in [0.1, 0.15) is 21.6 Å². The Morgan fingerprint density at radius 2 is 2.04 bits per heavy atom. The average molecular weight is 353 g/mol. The first-order valence-corrected chi connectivity index (χ1v) is 8.48. The van der Waals surface area contributed by atoms with E-state index in [1.165, 1.54) is 4.68 Å². The molecule has 3 aromatic rings. The van der Waals surface area contributed by atoms with Crippen LogP contribution in [0.15, 0.2) is 41.3 Å². The topological polar surface area (TPSA) is 107 Å². The minimum atomic E-state index is -0.107. The van der Waals surface area contributed by atoms with Crippen LogP contribution in [0.3, 0.4) is 0 Å². The van der Waals surface area contributed by atoms with Gasteiger partial charge < -0.3 is 10.0 Å². The molecule has 1 amide bonds. The standard InChI is InChI=1S/C18H19N5O3/c24-10-9-23-18(26)14-6-8-22(11-16(14)21-23)17(25)13-3-1-12(2-4-13)15-5-7-19-20-15/h1-5,7,21,24H,6,8-11H2,(H,19,20). The number of nitrogens with one attached hydrogen (secondary N) is 2. The Balaban J connectivity index is 1.52. The lowest BCUT2D eigenvalue weighted by Crippen LogP contribution is -2.37. The molecule has 0 spiro atoms. The van der Waals surface area contributed by atoms with E-state index in [0.29, 0.717) is 30.6 Å². The Labute approximate surface area is 149 Å². The first-order chi connectivity index (χ1) is 12.7. The molecule has 1 aliphatic heterocycles. The molecular formula is C18H19N5O3. The Bertz CT molecular complexity index is 969. The van der Waals surface area contributed by atoms with E-state index < -0.39 is 0 Å². The van der Waals surface area contributed by atoms with E-state index in [0.717, 1.165) is 17.0 Å². The zero-order chi connectivity index (χ0) is 18.1. The van der Waals surface area contributed by atoms with Crippen LogP contribution in [0, 0.1) is 0 Å². The third kappa shape index (κ3) is 2.84. The van der Waals surface area contributed by atoms with E-state index in [4.69, 9.17) is 5.11 Å². The lowest BCUT2D eigenvalue weighted by atomic mass is 10.0. The van der Waals surface area contributed by atoms with Gasteiger partial charge in [0.1, 0.15) is 0 Å². The highest BCUT2D eigenvalue weighted by Gasteiger charge is 2.26. The van der Waals surface area contributed by atoms with Crippen molar-refractivity contribution in [1.82, 2.24) is 24.9 Å². The predicted molar refractivity (Wildman–Crippen MR) is 94.6 cm³/mol. The summed E-state index contributed by atoms with van der Waals surface area (Å²) in [6.07, 6.45) is 2.20. The summed E-state index contributed by atoms with van der Waals surface area (Å²) in [5.74, 6) is -0.0671. The number of aromatic nitrogens is 4. The van der Waals surface area contributed by atoms with Gasteiger partial charge in [-0.3, -0.25) is 24.5 Å². The molecular weight excluding hydrogens is 334 g/mol. The van der Waals surface area contributed by atoms with Crippen molar-refractivity contribution in [3.63, 3.8) is 0 Å². The highest BCUT2D eigenvalue weighted by Crippen LogP contribution is 2.20. The summed E-state index contributed by atoms with van der Waals surface area (Å²) in [5, 5.41) is 18.9. The summed E-state index contributed by atoms with van der Waals surface area (Å²) < 4.78 is 1.40. The summed E-state index contributed by atoms with van der Waals surface area (Å²) in [6, 6.07) is 9.24. The molecule has 0 aliphatic carbocycles. The minimum absolute atomic E-state index is 0.0671. The van der Waals surface area contributed by atoms with Crippen molar-refractivity contribution in [2.24, 2.45) is 0 Å². The molecule has 134 valence electrons. The van der Waals surface area contributed by atoms with Gasteiger partial charge in [-0.1, -0.05) is 12.1 Å². The number of H-pyrrole nitrogens is 2. The number of amides is 1. The Morgan fingerprint density at radius 1 is 1.23 bits per heavy atom. The molecule has 0 bridgehead atoms. The maximum absolute atomic E-state index is 12.8. The number of hydrogen-bond acceptors (Lipinski definition) is 4. The van der Waals surface area contributed by atoms with E-state index in [1.807, 2.05) is 18.2 Å². The molecule has 0 atom stereocenters. The molecule has 3 heterocycles. The van der Waals surface area contributed by atoms with Crippen molar-refractivity contribution in [3.8, 4) is 11.3 Å². The number of benzene rings is 1. The van der Waals surface area contributed by atoms with E-state index in [2.05, 4.69) is 15.3 Å². The van der Waals surface area contributed by atoms with Gasteiger partial charge in [0.25, 0.3) is 11.5 Å². The maximum Gasteiger partial charge on any atom is 0.270 e. The Morgan fingerprint density at radius 3 is 2.73 bits per heavy atom. The third-order valence-corrected chi connectivity index (χ3v) is 4.67. The second kappa shape index (κ2) is 6.64. The van der Waals surface area contributed by atoms with Crippen LogP contribution < -0.4 is 5.56 Å². The summed E-state index contributed by atoms with van der Waals surface area (Å²) in [6.45, 7) is 0.990. The van der Waals surface area contributed by atoms with Gasteiger partial charge in [0.15, 0.2) is 0 Å². The molecule has 8 heteroatoms. The van der Waals surface area contributed by atoms with Crippen LogP contribution >= 0.6 is 0 Å². The van der Waals surface area contributed by atoms with Gasteiger partial charge in [0, 0.05) is 23.9 Å². The number of rotatable bonds is 4. The molecule has 26 heavy (non-hydrogen) atoms. The van der Waals surface area contributed by atoms with Crippen molar-refractivity contribution in [1.29, 1.82) is 0 Å². The number of carbonyl (C=O) groups is 1. The van der Waals surface area contributed by atoms with Crippen molar-refractivity contribution >= 4 is 5.91 Å². The number of aliphatic hydroxyl groups is 1. The summed E-state index contributed by atoms with van der Waals surface area (Å²) in [7, 11) is 0. The number of hydrogen-bond donors (Lipinski definition) is 3. The van der Waals surface area contributed by atoms with Gasteiger partial charge >= 0.3 is 0 Å². The van der Waals surface area contributed by atoms with Crippen molar-refractivity contribution in [2.45, 2.75) is 19.5 Å². The van der Waals surface area contributed by atoms with Crippen molar-refractivity contribution in [3.05, 3.63) is 63.7 Å². The number of carbonyl (C=O) groups excluding carboxylic acids is 1. The summed E-state index contributed by atoms with van der Waals surface area (Å²) >= 11 is 0. The average Bonchev–Trinajstić information content (AvgIpc) is 3.30. The zero-order valence-electron chi connectivity index (χ0n) is 14.1. The SMILES string of the molecule is O=C(c1ccc(-c2ccn[nH]2)cc1)N1CCc2c([nH]n(CCO)c2=O)C1. The molecule has 0 saturated heterocycles. The predicted octanol–water partition coefficient (Wildman–Crippen LogP) is 0.757. The highest BCUT2D eigenvalue weighted by atomic mass is 16.3. The molecule has 1 aromatic carbocycles. The molecule has 0 radical (unpaired) electrons. The van der Waals surface area contributed by atoms with Crippen LogP contribution in [-0.2, 0) is 19.5 Å². The van der Waals surface area contributed by atoms with Gasteiger partial charge in [-0.25, -0.2) is 0 Å². The van der Waals surface area contributed by atoms with Crippen molar-refractivity contribution < 1.29 is 9.90 Å². The minimum Gasteiger partial charge on any atom is -0.394 e. The fourth-order valence-corrected chi connectivity index (χ4v) is 3.30. The van der Waals surface area contributed by atoms with Crippen LogP contribution in [0.2, 0.25) is 0 Å². The van der Waals surface area contributed by atoms with Crippen LogP contribution in [0.4, 0.5) is 0 Å². The van der Waals surface area contributed by atoms with Gasteiger partial charge in [0.05, 0.1) is 31.1 Å². The highest BCUT2D eigenvalue weighted by molar-refractivity contribution is 5.94. The van der Waals surface area contributed by atoms with Crippen molar-refractivity contribution in [2.75, 3.05) is 13.2 Å². The van der Waals surface area contributed by atoms with Crippen LogP contribution in [0.25, 0.3) is 11.3 Å². The lowest BCUT2D eigenvalue weighted by molar-refractivity contribution is 0.0732. The smallest absolute Gasteiger partial charge is 0.270 e. The quantitative estimate of drug-likeness (QED) is 0.643. The Kier molecular flexibility index (Phi) is 4.18. The van der Waals surface area contributed by atoms with Gasteiger partial charge in [-0.15, -0.1) is 0 Å². The van der Waals surface area contributed by atoms with E-state index >= 15 is 0 Å². The lowest BCUT2D eigenvalue weighted by Gasteiger charge is -2.26. The third-order valence-electron chi connectivity index (χ3n) is 4.67. The number of nitrogens with zero attached hydrogens (tertiary/aromatic N) is 3. The molecule has 8 nitrogen and oxygen atoms in total. The molecule has 0 unspecified atom stereocenters. The summed E-state index contributed by atoms with van der Waals surface area (Å²) in [4.78, 5) is 26.7. The zero-order valence-corrected chi connectivity index (χ0v) is 14.1. The second-order valence-electron chi connectivity index (χ2n) is 6.27. The monoisotopic (exact) mass is 353 g/mol. The number of aliphatic hydroxyl groups excluding tert-OH is 1. The largest absolute Gasteiger partial charge is 0.394 e. The van der Waals surface area contributed by atoms with Crippen LogP contribution in [-0.4, -0.2) is 49.0 Å². The number of fused-ring (bicyclic) bond motifs is 1. The molecule has 0 fully saturated rings. The molecule has 3 N–H and O–H groups in total. The Hall–Kier alpha value is -3.13. The van der Waals surface area contributed by atoms with E-state index in [9.17, 15) is 9.59 Å². The first kappa shape index (κ1) is 16.3. The van der Waals surface area contributed by atoms with E-state index in [-0.39, 0.29) is 24.6 Å². The van der Waals surface area contributed by atoms with Gasteiger partial charge in [-0.05, 0) is 30.2 Å². The molecule has 2 aromatic heterocycles.